The van der Waals surface area contributed by atoms with Gasteiger partial charge in [-0.1, -0.05) is 6.08 Å². The molecule has 0 heterocycles. The van der Waals surface area contributed by atoms with Crippen molar-refractivity contribution >= 4 is 5.78 Å². The number of carbonyl (C=O) groups is 1. The first kappa shape index (κ1) is 19.3. The van der Waals surface area contributed by atoms with Crippen molar-refractivity contribution in [3.05, 3.63) is 60.0 Å². The Morgan fingerprint density at radius 3 is 2.42 bits per heavy atom. The number of nitrogens with zero attached hydrogens (tertiary/aromatic N) is 1. The lowest BCUT2D eigenvalue weighted by molar-refractivity contribution is 0.0954. The van der Waals surface area contributed by atoms with Crippen LogP contribution in [0, 0.1) is 0 Å². The maximum absolute atomic E-state index is 12.9. The smallest absolute Gasteiger partial charge is 0.233 e. The van der Waals surface area contributed by atoms with E-state index in [1.807, 2.05) is 0 Å². The molecule has 0 atom stereocenters. The van der Waals surface area contributed by atoms with Gasteiger partial charge in [0, 0.05) is 26.4 Å². The maximum atomic E-state index is 12.9. The van der Waals surface area contributed by atoms with Gasteiger partial charge in [-0.15, -0.1) is 0 Å². The van der Waals surface area contributed by atoms with Crippen LogP contribution in [0.4, 0.5) is 4.39 Å². The average Bonchev–Trinajstić information content (AvgIpc) is 2.58. The molecule has 0 spiro atoms. The van der Waals surface area contributed by atoms with Crippen LogP contribution in [-0.4, -0.2) is 39.0 Å². The second-order valence-corrected chi connectivity index (χ2v) is 4.97. The molecule has 0 saturated carbocycles. The lowest BCUT2D eigenvalue weighted by Gasteiger charge is -2.15. The van der Waals surface area contributed by atoms with E-state index in [0.29, 0.717) is 17.8 Å². The number of hydrogen-bond acceptors (Lipinski definition) is 5. The van der Waals surface area contributed by atoms with Crippen LogP contribution in [0.1, 0.15) is 17.3 Å². The minimum absolute atomic E-state index is 0.0366. The molecule has 24 heavy (non-hydrogen) atoms. The third-order valence-electron chi connectivity index (χ3n) is 2.92. The molecule has 130 valence electrons. The van der Waals surface area contributed by atoms with Crippen LogP contribution in [0.2, 0.25) is 0 Å². The SMILES string of the molecule is C/C=C\C(=C/F)O/C(=C\N(C)C)C(=O)c1ccc(OC)cc1OC. The number of hydrogen-bond donors (Lipinski definition) is 0. The lowest BCUT2D eigenvalue weighted by Crippen LogP contribution is -2.13. The molecular formula is C18H22FNO4. The monoisotopic (exact) mass is 335 g/mol. The van der Waals surface area contributed by atoms with Gasteiger partial charge in [0.2, 0.25) is 5.78 Å². The van der Waals surface area contributed by atoms with Gasteiger partial charge in [0.1, 0.15) is 17.8 Å². The standard InChI is InChI=1S/C18H22FNO4/c1-6-7-14(11-19)24-17(12-20(2)3)18(21)15-9-8-13(22-4)10-16(15)23-5/h6-12H,1-5H3/b7-6-,14-11+,17-12-. The summed E-state index contributed by atoms with van der Waals surface area (Å²) in [4.78, 5) is 14.4. The Balaban J connectivity index is 3.27. The first-order chi connectivity index (χ1) is 11.5. The van der Waals surface area contributed by atoms with Gasteiger partial charge in [0.25, 0.3) is 0 Å². The van der Waals surface area contributed by atoms with Gasteiger partial charge in [0.05, 0.1) is 19.8 Å². The molecule has 0 N–H and O–H groups in total. The molecule has 0 saturated heterocycles. The summed E-state index contributed by atoms with van der Waals surface area (Å²) in [7, 11) is 6.44. The van der Waals surface area contributed by atoms with Crippen molar-refractivity contribution in [3.63, 3.8) is 0 Å². The Morgan fingerprint density at radius 2 is 1.92 bits per heavy atom. The van der Waals surface area contributed by atoms with E-state index in [2.05, 4.69) is 0 Å². The molecule has 6 heteroatoms. The second-order valence-electron chi connectivity index (χ2n) is 4.97. The summed E-state index contributed by atoms with van der Waals surface area (Å²) in [6, 6.07) is 4.81. The first-order valence-electron chi connectivity index (χ1n) is 7.22. The molecule has 0 aliphatic carbocycles. The topological polar surface area (TPSA) is 48.0 Å². The highest BCUT2D eigenvalue weighted by atomic mass is 19.1. The number of rotatable bonds is 8. The number of carbonyl (C=O) groups excluding carboxylic acids is 1. The van der Waals surface area contributed by atoms with E-state index in [-0.39, 0.29) is 17.1 Å². The van der Waals surface area contributed by atoms with Gasteiger partial charge >= 0.3 is 0 Å². The van der Waals surface area contributed by atoms with Crippen molar-refractivity contribution < 1.29 is 23.4 Å². The molecule has 0 fully saturated rings. The fraction of sp³-hybridized carbons (Fsp3) is 0.278. The van der Waals surface area contributed by atoms with Crippen LogP contribution in [-0.2, 0) is 4.74 Å². The zero-order valence-electron chi connectivity index (χ0n) is 14.5. The minimum atomic E-state index is -0.438. The number of allylic oxidation sites excluding steroid dienone is 3. The molecule has 1 rings (SSSR count). The van der Waals surface area contributed by atoms with Crippen LogP contribution in [0.25, 0.3) is 0 Å². The summed E-state index contributed by atoms with van der Waals surface area (Å²) >= 11 is 0. The predicted molar refractivity (Wildman–Crippen MR) is 90.7 cm³/mol. The third kappa shape index (κ3) is 5.15. The van der Waals surface area contributed by atoms with E-state index >= 15 is 0 Å². The van der Waals surface area contributed by atoms with E-state index < -0.39 is 5.78 Å². The number of Topliss-reactive ketones (excluding diaryl/α,β-unsaturated/α-hetero) is 1. The molecule has 0 radical (unpaired) electrons. The number of methoxy groups -OCH3 is 2. The van der Waals surface area contributed by atoms with Gasteiger partial charge in [-0.3, -0.25) is 4.79 Å². The van der Waals surface area contributed by atoms with Gasteiger partial charge in [0.15, 0.2) is 11.5 Å². The average molecular weight is 335 g/mol. The summed E-state index contributed by atoms with van der Waals surface area (Å²) in [6.07, 6.45) is 4.79. The molecule has 0 aliphatic rings. The molecule has 0 aromatic heterocycles. The maximum Gasteiger partial charge on any atom is 0.233 e. The predicted octanol–water partition coefficient (Wildman–Crippen LogP) is 3.69. The summed E-state index contributed by atoms with van der Waals surface area (Å²) < 4.78 is 28.7. The van der Waals surface area contributed by atoms with Crippen molar-refractivity contribution in [3.8, 4) is 11.5 Å². The Bertz CT molecular complexity index is 663. The second kappa shape index (κ2) is 9.39. The van der Waals surface area contributed by atoms with E-state index in [4.69, 9.17) is 14.2 Å². The Labute approximate surface area is 141 Å². The highest BCUT2D eigenvalue weighted by Crippen LogP contribution is 2.27. The summed E-state index contributed by atoms with van der Waals surface area (Å²) in [5.41, 5.74) is 0.282. The number of ether oxygens (including phenoxy) is 3. The minimum Gasteiger partial charge on any atom is -0.497 e. The molecule has 0 bridgehead atoms. The highest BCUT2D eigenvalue weighted by Gasteiger charge is 2.20. The van der Waals surface area contributed by atoms with Gasteiger partial charge in [-0.05, 0) is 25.1 Å². The zero-order chi connectivity index (χ0) is 18.1. The summed E-state index contributed by atoms with van der Waals surface area (Å²) in [5.74, 6) is 0.342. The van der Waals surface area contributed by atoms with Crippen molar-refractivity contribution in [2.75, 3.05) is 28.3 Å². The Kier molecular flexibility index (Phi) is 7.55. The molecular weight excluding hydrogens is 313 g/mol. The van der Waals surface area contributed by atoms with Crippen LogP contribution in [0.15, 0.2) is 54.4 Å². The third-order valence-corrected chi connectivity index (χ3v) is 2.92. The Morgan fingerprint density at radius 1 is 1.21 bits per heavy atom. The quantitative estimate of drug-likeness (QED) is 0.314. The first-order valence-corrected chi connectivity index (χ1v) is 7.22. The Hall–Kier alpha value is -2.76. The molecule has 0 aliphatic heterocycles. The van der Waals surface area contributed by atoms with E-state index in [9.17, 15) is 9.18 Å². The fourth-order valence-electron chi connectivity index (χ4n) is 1.87. The van der Waals surface area contributed by atoms with Gasteiger partial charge in [-0.2, -0.15) is 0 Å². The van der Waals surface area contributed by atoms with Crippen molar-refractivity contribution in [1.29, 1.82) is 0 Å². The number of halogens is 1. The largest absolute Gasteiger partial charge is 0.497 e. The van der Waals surface area contributed by atoms with E-state index in [1.165, 1.54) is 26.5 Å². The van der Waals surface area contributed by atoms with Crippen molar-refractivity contribution in [1.82, 2.24) is 4.90 Å². The van der Waals surface area contributed by atoms with E-state index in [0.717, 1.165) is 0 Å². The molecule has 0 amide bonds. The van der Waals surface area contributed by atoms with E-state index in [1.54, 1.807) is 50.2 Å². The molecule has 1 aromatic rings. The van der Waals surface area contributed by atoms with Crippen molar-refractivity contribution in [2.24, 2.45) is 0 Å². The van der Waals surface area contributed by atoms with Gasteiger partial charge in [-0.25, -0.2) is 4.39 Å². The van der Waals surface area contributed by atoms with Crippen LogP contribution in [0.3, 0.4) is 0 Å². The number of benzene rings is 1. The highest BCUT2D eigenvalue weighted by molar-refractivity contribution is 6.09. The van der Waals surface area contributed by atoms with Crippen LogP contribution >= 0.6 is 0 Å². The normalized spacial score (nSPS) is 12.2. The summed E-state index contributed by atoms with van der Waals surface area (Å²) in [6.45, 7) is 1.72. The van der Waals surface area contributed by atoms with Crippen molar-refractivity contribution in [2.45, 2.75) is 6.92 Å². The summed E-state index contributed by atoms with van der Waals surface area (Å²) in [5, 5.41) is 0. The molecule has 5 nitrogen and oxygen atoms in total. The molecule has 1 aromatic carbocycles. The molecule has 0 unspecified atom stereocenters. The fourth-order valence-corrected chi connectivity index (χ4v) is 1.87. The van der Waals surface area contributed by atoms with Crippen LogP contribution < -0.4 is 9.47 Å². The van der Waals surface area contributed by atoms with Crippen LogP contribution in [0.5, 0.6) is 11.5 Å². The lowest BCUT2D eigenvalue weighted by atomic mass is 10.1. The van der Waals surface area contributed by atoms with Gasteiger partial charge < -0.3 is 19.1 Å². The number of ketones is 1. The zero-order valence-corrected chi connectivity index (χ0v) is 14.5.